The molecule has 1 heterocycles. The van der Waals surface area contributed by atoms with Crippen LogP contribution in [0.4, 0.5) is 11.9 Å². The van der Waals surface area contributed by atoms with E-state index in [0.717, 1.165) is 6.54 Å². The van der Waals surface area contributed by atoms with Gasteiger partial charge in [0.2, 0.25) is 11.9 Å². The van der Waals surface area contributed by atoms with Crippen LogP contribution in [0.1, 0.15) is 11.4 Å². The van der Waals surface area contributed by atoms with Gasteiger partial charge in [0.15, 0.2) is 0 Å². The zero-order valence-corrected chi connectivity index (χ0v) is 13.6. The highest BCUT2D eigenvalue weighted by atomic mass is 15.2. The van der Waals surface area contributed by atoms with Crippen molar-refractivity contribution in [2.75, 3.05) is 18.5 Å². The standard InChI is InChI=1S/C18H20N6/c1-24(12-16-21-17(19)23-18(20)22-16)11-14-9-5-6-10-15(14)13-7-3-2-4-8-13/h2-10H,11-12H2,1H3,(H4,19,20,21,22,23). The van der Waals surface area contributed by atoms with E-state index in [9.17, 15) is 0 Å². The highest BCUT2D eigenvalue weighted by molar-refractivity contribution is 5.67. The van der Waals surface area contributed by atoms with E-state index in [1.807, 2.05) is 25.2 Å². The zero-order valence-electron chi connectivity index (χ0n) is 13.6. The number of nitrogens with zero attached hydrogens (tertiary/aromatic N) is 4. The first-order valence-corrected chi connectivity index (χ1v) is 7.69. The Balaban J connectivity index is 1.79. The normalized spacial score (nSPS) is 10.9. The van der Waals surface area contributed by atoms with Gasteiger partial charge in [-0.2, -0.15) is 15.0 Å². The molecule has 0 spiro atoms. The minimum absolute atomic E-state index is 0.149. The van der Waals surface area contributed by atoms with Gasteiger partial charge < -0.3 is 11.5 Å². The molecule has 122 valence electrons. The topological polar surface area (TPSA) is 94.0 Å². The van der Waals surface area contributed by atoms with E-state index >= 15 is 0 Å². The molecule has 0 amide bonds. The molecule has 6 nitrogen and oxygen atoms in total. The van der Waals surface area contributed by atoms with Gasteiger partial charge in [0, 0.05) is 6.54 Å². The van der Waals surface area contributed by atoms with Crippen molar-refractivity contribution in [1.82, 2.24) is 19.9 Å². The van der Waals surface area contributed by atoms with Crippen molar-refractivity contribution < 1.29 is 0 Å². The van der Waals surface area contributed by atoms with Crippen molar-refractivity contribution in [3.63, 3.8) is 0 Å². The number of hydrogen-bond donors (Lipinski definition) is 2. The molecule has 0 aliphatic carbocycles. The van der Waals surface area contributed by atoms with Crippen molar-refractivity contribution in [1.29, 1.82) is 0 Å². The van der Waals surface area contributed by atoms with Crippen LogP contribution in [0, 0.1) is 0 Å². The average molecular weight is 320 g/mol. The predicted molar refractivity (Wildman–Crippen MR) is 95.7 cm³/mol. The van der Waals surface area contributed by atoms with Crippen molar-refractivity contribution in [2.24, 2.45) is 0 Å². The zero-order chi connectivity index (χ0) is 16.9. The van der Waals surface area contributed by atoms with E-state index in [4.69, 9.17) is 11.5 Å². The molecule has 0 aliphatic heterocycles. The van der Waals surface area contributed by atoms with Crippen LogP contribution >= 0.6 is 0 Å². The van der Waals surface area contributed by atoms with Crippen molar-refractivity contribution >= 4 is 11.9 Å². The molecule has 3 rings (SSSR count). The first-order valence-electron chi connectivity index (χ1n) is 7.69. The average Bonchev–Trinajstić information content (AvgIpc) is 2.55. The van der Waals surface area contributed by atoms with E-state index in [1.54, 1.807) is 0 Å². The van der Waals surface area contributed by atoms with E-state index in [-0.39, 0.29) is 11.9 Å². The van der Waals surface area contributed by atoms with Gasteiger partial charge in [-0.25, -0.2) is 0 Å². The Morgan fingerprint density at radius 2 is 1.42 bits per heavy atom. The summed E-state index contributed by atoms with van der Waals surface area (Å²) in [5.74, 6) is 0.867. The monoisotopic (exact) mass is 320 g/mol. The lowest BCUT2D eigenvalue weighted by Crippen LogP contribution is -2.20. The van der Waals surface area contributed by atoms with Crippen LogP contribution < -0.4 is 11.5 Å². The summed E-state index contributed by atoms with van der Waals surface area (Å²) in [6, 6.07) is 18.7. The highest BCUT2D eigenvalue weighted by Gasteiger charge is 2.10. The number of benzene rings is 2. The SMILES string of the molecule is CN(Cc1nc(N)nc(N)n1)Cc1ccccc1-c1ccccc1. The first kappa shape index (κ1) is 15.9. The molecule has 0 bridgehead atoms. The molecular formula is C18H20N6. The summed E-state index contributed by atoms with van der Waals surface area (Å²) < 4.78 is 0. The molecule has 3 aromatic rings. The lowest BCUT2D eigenvalue weighted by atomic mass is 9.99. The summed E-state index contributed by atoms with van der Waals surface area (Å²) >= 11 is 0. The van der Waals surface area contributed by atoms with Gasteiger partial charge in [0.05, 0.1) is 6.54 Å². The Bertz CT molecular complexity index is 798. The van der Waals surface area contributed by atoms with Gasteiger partial charge in [-0.3, -0.25) is 4.90 Å². The Hall–Kier alpha value is -2.99. The fourth-order valence-electron chi connectivity index (χ4n) is 2.67. The van der Waals surface area contributed by atoms with Crippen molar-refractivity contribution in [3.8, 4) is 11.1 Å². The third kappa shape index (κ3) is 3.85. The minimum atomic E-state index is 0.149. The molecule has 1 aromatic heterocycles. The first-order chi connectivity index (χ1) is 11.6. The third-order valence-corrected chi connectivity index (χ3v) is 3.67. The van der Waals surface area contributed by atoms with Crippen molar-refractivity contribution in [2.45, 2.75) is 13.1 Å². The van der Waals surface area contributed by atoms with Crippen LogP contribution in [-0.2, 0) is 13.1 Å². The molecule has 0 aliphatic rings. The quantitative estimate of drug-likeness (QED) is 0.749. The minimum Gasteiger partial charge on any atom is -0.368 e. The maximum Gasteiger partial charge on any atom is 0.225 e. The molecule has 0 saturated heterocycles. The van der Waals surface area contributed by atoms with E-state index in [1.165, 1.54) is 16.7 Å². The largest absolute Gasteiger partial charge is 0.368 e. The third-order valence-electron chi connectivity index (χ3n) is 3.67. The lowest BCUT2D eigenvalue weighted by molar-refractivity contribution is 0.311. The molecule has 24 heavy (non-hydrogen) atoms. The second kappa shape index (κ2) is 7.06. The van der Waals surface area contributed by atoms with E-state index in [2.05, 4.69) is 56.3 Å². The number of rotatable bonds is 5. The number of nitrogens with two attached hydrogens (primary N) is 2. The lowest BCUT2D eigenvalue weighted by Gasteiger charge is -2.18. The molecule has 4 N–H and O–H groups in total. The predicted octanol–water partition coefficient (Wildman–Crippen LogP) is 2.34. The molecule has 0 radical (unpaired) electrons. The second-order valence-electron chi connectivity index (χ2n) is 5.66. The maximum absolute atomic E-state index is 5.63. The molecule has 0 saturated carbocycles. The second-order valence-corrected chi connectivity index (χ2v) is 5.66. The summed E-state index contributed by atoms with van der Waals surface area (Å²) in [4.78, 5) is 14.2. The summed E-state index contributed by atoms with van der Waals surface area (Å²) in [5, 5.41) is 0. The summed E-state index contributed by atoms with van der Waals surface area (Å²) in [6.45, 7) is 1.30. The molecular weight excluding hydrogens is 300 g/mol. The van der Waals surface area contributed by atoms with Crippen molar-refractivity contribution in [3.05, 3.63) is 66.0 Å². The van der Waals surface area contributed by atoms with Crippen LogP contribution in [0.3, 0.4) is 0 Å². The highest BCUT2D eigenvalue weighted by Crippen LogP contribution is 2.24. The Morgan fingerprint density at radius 3 is 2.12 bits per heavy atom. The van der Waals surface area contributed by atoms with E-state index in [0.29, 0.717) is 12.4 Å². The molecule has 0 fully saturated rings. The molecule has 6 heteroatoms. The van der Waals surface area contributed by atoms with Crippen LogP contribution in [0.15, 0.2) is 54.6 Å². The number of hydrogen-bond acceptors (Lipinski definition) is 6. The van der Waals surface area contributed by atoms with Crippen LogP contribution in [0.25, 0.3) is 11.1 Å². The van der Waals surface area contributed by atoms with Gasteiger partial charge >= 0.3 is 0 Å². The Morgan fingerprint density at radius 1 is 0.792 bits per heavy atom. The molecule has 2 aromatic carbocycles. The molecule has 0 unspecified atom stereocenters. The van der Waals surface area contributed by atoms with Gasteiger partial charge in [-0.15, -0.1) is 0 Å². The van der Waals surface area contributed by atoms with Gasteiger partial charge in [0.25, 0.3) is 0 Å². The number of anilines is 2. The Labute approximate surface area is 141 Å². The smallest absolute Gasteiger partial charge is 0.225 e. The number of nitrogen functional groups attached to an aromatic ring is 2. The fraction of sp³-hybridized carbons (Fsp3) is 0.167. The maximum atomic E-state index is 5.63. The summed E-state index contributed by atoms with van der Waals surface area (Å²) in [5.41, 5.74) is 14.9. The Kier molecular flexibility index (Phi) is 4.67. The van der Waals surface area contributed by atoms with Gasteiger partial charge in [-0.05, 0) is 23.7 Å². The van der Waals surface area contributed by atoms with Gasteiger partial charge in [-0.1, -0.05) is 54.6 Å². The van der Waals surface area contributed by atoms with Gasteiger partial charge in [0.1, 0.15) is 5.82 Å². The molecule has 0 atom stereocenters. The van der Waals surface area contributed by atoms with Crippen LogP contribution in [0.2, 0.25) is 0 Å². The van der Waals surface area contributed by atoms with Crippen LogP contribution in [0.5, 0.6) is 0 Å². The van der Waals surface area contributed by atoms with E-state index < -0.39 is 0 Å². The van der Waals surface area contributed by atoms with Crippen LogP contribution in [-0.4, -0.2) is 26.9 Å². The number of aromatic nitrogens is 3. The summed E-state index contributed by atoms with van der Waals surface area (Å²) in [6.07, 6.45) is 0. The fourth-order valence-corrected chi connectivity index (χ4v) is 2.67. The summed E-state index contributed by atoms with van der Waals surface area (Å²) in [7, 11) is 2.01.